The summed E-state index contributed by atoms with van der Waals surface area (Å²) in [5, 5.41) is 8.15. The largest absolute Gasteiger partial charge is 0.467 e. The van der Waals surface area contributed by atoms with Crippen molar-refractivity contribution < 1.29 is 28.7 Å². The Morgan fingerprint density at radius 1 is 1.04 bits per heavy atom. The minimum atomic E-state index is -0.970. The molecule has 3 N–H and O–H groups in total. The quantitative estimate of drug-likeness (QED) is 0.492. The van der Waals surface area contributed by atoms with Crippen LogP contribution >= 0.6 is 0 Å². The third-order valence-electron chi connectivity index (χ3n) is 4.06. The predicted molar refractivity (Wildman–Crippen MR) is 83.8 cm³/mol. The summed E-state index contributed by atoms with van der Waals surface area (Å²) >= 11 is 0. The molecule has 24 heavy (non-hydrogen) atoms. The van der Waals surface area contributed by atoms with Gasteiger partial charge in [-0.2, -0.15) is 0 Å². The monoisotopic (exact) mass is 343 g/mol. The molecule has 3 atom stereocenters. The van der Waals surface area contributed by atoms with Gasteiger partial charge < -0.3 is 25.4 Å². The van der Waals surface area contributed by atoms with Crippen LogP contribution in [0.5, 0.6) is 0 Å². The van der Waals surface area contributed by atoms with E-state index in [1.165, 1.54) is 28.1 Å². The Labute approximate surface area is 140 Å². The standard InChI is InChI=1S/C15H25N3O6/c1-9(12(20)23-3)17-11(19)7-15(5-6-16-8-15)14(22)18-10(2)13(21)24-4/h9-10,16H,5-8H2,1-4H3,(H,17,19)(H,18,22)/t9-,10-,15?/m0/s1. The summed E-state index contributed by atoms with van der Waals surface area (Å²) in [5.41, 5.74) is -0.970. The molecule has 0 radical (unpaired) electrons. The highest BCUT2D eigenvalue weighted by Gasteiger charge is 2.44. The van der Waals surface area contributed by atoms with Crippen LogP contribution in [0.4, 0.5) is 0 Å². The summed E-state index contributed by atoms with van der Waals surface area (Å²) in [4.78, 5) is 47.6. The van der Waals surface area contributed by atoms with Crippen molar-refractivity contribution in [3.63, 3.8) is 0 Å². The van der Waals surface area contributed by atoms with Crippen molar-refractivity contribution in [1.82, 2.24) is 16.0 Å². The lowest BCUT2D eigenvalue weighted by Gasteiger charge is -2.28. The fraction of sp³-hybridized carbons (Fsp3) is 0.733. The number of nitrogens with one attached hydrogen (secondary N) is 3. The van der Waals surface area contributed by atoms with Crippen LogP contribution in [0.25, 0.3) is 0 Å². The van der Waals surface area contributed by atoms with E-state index in [9.17, 15) is 19.2 Å². The van der Waals surface area contributed by atoms with Crippen LogP contribution in [0, 0.1) is 5.41 Å². The summed E-state index contributed by atoms with van der Waals surface area (Å²) in [6.45, 7) is 3.91. The SMILES string of the molecule is COC(=O)[C@H](C)NC(=O)CC1(C(=O)N[C@@H](C)C(=O)OC)CCNC1. The second-order valence-corrected chi connectivity index (χ2v) is 5.91. The Hall–Kier alpha value is -2.16. The number of amides is 2. The maximum atomic E-state index is 12.6. The molecular formula is C15H25N3O6. The number of ether oxygens (including phenoxy) is 2. The van der Waals surface area contributed by atoms with Gasteiger partial charge in [0.25, 0.3) is 0 Å². The molecule has 9 nitrogen and oxygen atoms in total. The fourth-order valence-electron chi connectivity index (χ4n) is 2.59. The van der Waals surface area contributed by atoms with E-state index in [-0.39, 0.29) is 6.42 Å². The van der Waals surface area contributed by atoms with Gasteiger partial charge in [0.1, 0.15) is 12.1 Å². The minimum absolute atomic E-state index is 0.0962. The lowest BCUT2D eigenvalue weighted by atomic mass is 9.82. The molecule has 136 valence electrons. The zero-order valence-corrected chi connectivity index (χ0v) is 14.4. The summed E-state index contributed by atoms with van der Waals surface area (Å²) in [6, 6.07) is -1.61. The van der Waals surface area contributed by atoms with Crippen molar-refractivity contribution in [2.45, 2.75) is 38.8 Å². The first-order chi connectivity index (χ1) is 11.3. The molecule has 0 bridgehead atoms. The first-order valence-electron chi connectivity index (χ1n) is 7.72. The maximum absolute atomic E-state index is 12.6. The topological polar surface area (TPSA) is 123 Å². The average Bonchev–Trinajstić information content (AvgIpc) is 3.02. The molecule has 0 aliphatic carbocycles. The van der Waals surface area contributed by atoms with Crippen molar-refractivity contribution in [3.8, 4) is 0 Å². The van der Waals surface area contributed by atoms with Gasteiger partial charge in [-0.25, -0.2) is 9.59 Å². The van der Waals surface area contributed by atoms with Crippen LogP contribution in [0.2, 0.25) is 0 Å². The van der Waals surface area contributed by atoms with Gasteiger partial charge in [-0.3, -0.25) is 9.59 Å². The Morgan fingerprint density at radius 3 is 2.04 bits per heavy atom. The normalized spacial score (nSPS) is 22.2. The van der Waals surface area contributed by atoms with E-state index < -0.39 is 41.3 Å². The highest BCUT2D eigenvalue weighted by atomic mass is 16.5. The lowest BCUT2D eigenvalue weighted by molar-refractivity contribution is -0.147. The number of methoxy groups -OCH3 is 2. The molecule has 0 saturated carbocycles. The Morgan fingerprint density at radius 2 is 1.58 bits per heavy atom. The molecule has 1 aliphatic rings. The van der Waals surface area contributed by atoms with E-state index in [1.807, 2.05) is 0 Å². The summed E-state index contributed by atoms with van der Waals surface area (Å²) in [5.74, 6) is -1.96. The second-order valence-electron chi connectivity index (χ2n) is 5.91. The summed E-state index contributed by atoms with van der Waals surface area (Å²) < 4.78 is 9.13. The van der Waals surface area contributed by atoms with E-state index in [4.69, 9.17) is 0 Å². The van der Waals surface area contributed by atoms with Crippen molar-refractivity contribution in [2.24, 2.45) is 5.41 Å². The number of hydrogen-bond donors (Lipinski definition) is 3. The zero-order valence-electron chi connectivity index (χ0n) is 14.4. The fourth-order valence-corrected chi connectivity index (χ4v) is 2.59. The Balaban J connectivity index is 2.74. The molecule has 0 aromatic heterocycles. The molecule has 0 aromatic rings. The van der Waals surface area contributed by atoms with E-state index in [1.54, 1.807) is 0 Å². The van der Waals surface area contributed by atoms with Crippen LogP contribution in [0.15, 0.2) is 0 Å². The predicted octanol–water partition coefficient (Wildman–Crippen LogP) is -1.29. The zero-order chi connectivity index (χ0) is 18.3. The van der Waals surface area contributed by atoms with Crippen LogP contribution < -0.4 is 16.0 Å². The van der Waals surface area contributed by atoms with Gasteiger partial charge in [0.05, 0.1) is 19.6 Å². The van der Waals surface area contributed by atoms with Crippen molar-refractivity contribution >= 4 is 23.8 Å². The number of rotatable bonds is 7. The lowest BCUT2D eigenvalue weighted by Crippen LogP contribution is -2.51. The highest BCUT2D eigenvalue weighted by Crippen LogP contribution is 2.30. The van der Waals surface area contributed by atoms with Gasteiger partial charge in [-0.1, -0.05) is 0 Å². The number of carbonyl (C=O) groups is 4. The van der Waals surface area contributed by atoms with Crippen LogP contribution in [0.1, 0.15) is 26.7 Å². The van der Waals surface area contributed by atoms with Crippen molar-refractivity contribution in [1.29, 1.82) is 0 Å². The molecule has 0 aromatic carbocycles. The molecule has 1 unspecified atom stereocenters. The van der Waals surface area contributed by atoms with Gasteiger partial charge in [-0.15, -0.1) is 0 Å². The van der Waals surface area contributed by atoms with Gasteiger partial charge >= 0.3 is 11.9 Å². The molecule has 2 amide bonds. The van der Waals surface area contributed by atoms with E-state index in [0.29, 0.717) is 19.5 Å². The molecule has 1 heterocycles. The second kappa shape index (κ2) is 8.62. The third-order valence-corrected chi connectivity index (χ3v) is 4.06. The molecule has 0 spiro atoms. The Bertz CT molecular complexity index is 501. The smallest absolute Gasteiger partial charge is 0.328 e. The molecular weight excluding hydrogens is 318 g/mol. The molecule has 1 aliphatic heterocycles. The minimum Gasteiger partial charge on any atom is -0.467 e. The van der Waals surface area contributed by atoms with Crippen LogP contribution in [-0.4, -0.2) is 63.1 Å². The Kier molecular flexibility index (Phi) is 7.15. The third kappa shape index (κ3) is 4.92. The summed E-state index contributed by atoms with van der Waals surface area (Å²) in [6.07, 6.45) is 0.355. The van der Waals surface area contributed by atoms with Gasteiger partial charge in [0.15, 0.2) is 0 Å². The van der Waals surface area contributed by atoms with Crippen molar-refractivity contribution in [3.05, 3.63) is 0 Å². The van der Waals surface area contributed by atoms with Gasteiger partial charge in [0.2, 0.25) is 11.8 Å². The van der Waals surface area contributed by atoms with Gasteiger partial charge in [-0.05, 0) is 26.8 Å². The molecule has 9 heteroatoms. The van der Waals surface area contributed by atoms with E-state index >= 15 is 0 Å². The van der Waals surface area contributed by atoms with Crippen LogP contribution in [-0.2, 0) is 28.7 Å². The molecule has 1 saturated heterocycles. The first kappa shape index (κ1) is 19.9. The van der Waals surface area contributed by atoms with Gasteiger partial charge in [0, 0.05) is 13.0 Å². The first-order valence-corrected chi connectivity index (χ1v) is 7.72. The van der Waals surface area contributed by atoms with Crippen molar-refractivity contribution in [2.75, 3.05) is 27.3 Å². The number of esters is 2. The van der Waals surface area contributed by atoms with Crippen LogP contribution in [0.3, 0.4) is 0 Å². The molecule has 1 rings (SSSR count). The maximum Gasteiger partial charge on any atom is 0.328 e. The van der Waals surface area contributed by atoms with E-state index in [2.05, 4.69) is 25.4 Å². The highest BCUT2D eigenvalue weighted by molar-refractivity contribution is 5.93. The molecule has 1 fully saturated rings. The summed E-state index contributed by atoms with van der Waals surface area (Å²) in [7, 11) is 2.47. The average molecular weight is 343 g/mol. The number of carbonyl (C=O) groups excluding carboxylic acids is 4. The number of hydrogen-bond acceptors (Lipinski definition) is 7. The van der Waals surface area contributed by atoms with E-state index in [0.717, 1.165) is 0 Å².